The molecule has 0 fully saturated rings. The Bertz CT molecular complexity index is 309. The maximum absolute atomic E-state index is 7.44. The zero-order valence-corrected chi connectivity index (χ0v) is 8.60. The lowest BCUT2D eigenvalue weighted by Crippen LogP contribution is -2.02. The van der Waals surface area contributed by atoms with Crippen LogP contribution in [0.1, 0.15) is 11.1 Å². The number of hydrogen-bond acceptors (Lipinski definition) is 2. The second-order valence-electron chi connectivity index (χ2n) is 2.52. The molecular weight excluding hydrogens is 218 g/mol. The van der Waals surface area contributed by atoms with Gasteiger partial charge >= 0.3 is 0 Å². The molecule has 0 unspecified atom stereocenters. The molecule has 0 aromatic heterocycles. The first-order valence-electron chi connectivity index (χ1n) is 3.54. The van der Waals surface area contributed by atoms with E-state index in [2.05, 4.69) is 15.9 Å². The Morgan fingerprint density at radius 3 is 2.67 bits per heavy atom. The van der Waals surface area contributed by atoms with Crippen LogP contribution in [0.4, 0.5) is 0 Å². The quantitative estimate of drug-likeness (QED) is 0.581. The van der Waals surface area contributed by atoms with Crippen LogP contribution in [0.5, 0.6) is 0 Å². The van der Waals surface area contributed by atoms with Crippen molar-refractivity contribution in [3.63, 3.8) is 0 Å². The Hall–Kier alpha value is -0.830. The van der Waals surface area contributed by atoms with Crippen LogP contribution in [0.25, 0.3) is 0 Å². The molecule has 0 bridgehead atoms. The summed E-state index contributed by atoms with van der Waals surface area (Å²) in [5.74, 6) is 0.182. The summed E-state index contributed by atoms with van der Waals surface area (Å²) in [6, 6.07) is 5.78. The number of hydrogen-bond donors (Lipinski definition) is 1. The molecule has 12 heavy (non-hydrogen) atoms. The van der Waals surface area contributed by atoms with Gasteiger partial charge in [0.05, 0.1) is 12.7 Å². The predicted molar refractivity (Wildman–Crippen MR) is 52.7 cm³/mol. The zero-order valence-electron chi connectivity index (χ0n) is 7.02. The van der Waals surface area contributed by atoms with Gasteiger partial charge < -0.3 is 4.74 Å². The Morgan fingerprint density at radius 2 is 2.17 bits per heavy atom. The monoisotopic (exact) mass is 227 g/mol. The molecule has 1 aromatic rings. The van der Waals surface area contributed by atoms with E-state index in [-0.39, 0.29) is 5.90 Å². The van der Waals surface area contributed by atoms with Crippen LogP contribution in [0, 0.1) is 12.3 Å². The van der Waals surface area contributed by atoms with Crippen molar-refractivity contribution in [1.82, 2.24) is 0 Å². The van der Waals surface area contributed by atoms with Gasteiger partial charge in [0.25, 0.3) is 0 Å². The van der Waals surface area contributed by atoms with Crippen LogP contribution < -0.4 is 0 Å². The Labute approximate surface area is 80.2 Å². The average molecular weight is 228 g/mol. The number of nitrogens with one attached hydrogen (secondary N) is 1. The summed E-state index contributed by atoms with van der Waals surface area (Å²) < 4.78 is 5.71. The van der Waals surface area contributed by atoms with Crippen molar-refractivity contribution in [3.05, 3.63) is 33.8 Å². The lowest BCUT2D eigenvalue weighted by molar-refractivity contribution is 0.401. The van der Waals surface area contributed by atoms with E-state index >= 15 is 0 Å². The number of rotatable bonds is 1. The first-order chi connectivity index (χ1) is 5.65. The molecule has 0 aliphatic rings. The van der Waals surface area contributed by atoms with E-state index < -0.39 is 0 Å². The van der Waals surface area contributed by atoms with Crippen molar-refractivity contribution in [3.8, 4) is 0 Å². The molecule has 1 aromatic carbocycles. The van der Waals surface area contributed by atoms with E-state index in [0.29, 0.717) is 0 Å². The van der Waals surface area contributed by atoms with Crippen LogP contribution in [0.3, 0.4) is 0 Å². The minimum absolute atomic E-state index is 0.182. The first-order valence-corrected chi connectivity index (χ1v) is 4.33. The van der Waals surface area contributed by atoms with E-state index in [1.807, 2.05) is 25.1 Å². The molecule has 64 valence electrons. The summed E-state index contributed by atoms with van der Waals surface area (Å²) in [7, 11) is 1.49. The summed E-state index contributed by atoms with van der Waals surface area (Å²) in [4.78, 5) is 0. The predicted octanol–water partition coefficient (Wildman–Crippen LogP) is 2.73. The van der Waals surface area contributed by atoms with Crippen molar-refractivity contribution in [2.24, 2.45) is 0 Å². The highest BCUT2D eigenvalue weighted by Gasteiger charge is 2.04. The minimum Gasteiger partial charge on any atom is -0.481 e. The molecule has 0 spiro atoms. The topological polar surface area (TPSA) is 33.1 Å². The van der Waals surface area contributed by atoms with Crippen LogP contribution in [-0.4, -0.2) is 13.0 Å². The molecule has 1 N–H and O–H groups in total. The highest BCUT2D eigenvalue weighted by Crippen LogP contribution is 2.18. The molecule has 0 aliphatic heterocycles. The van der Waals surface area contributed by atoms with Crippen molar-refractivity contribution < 1.29 is 4.74 Å². The van der Waals surface area contributed by atoms with Crippen LogP contribution in [0.2, 0.25) is 0 Å². The normalized spacial score (nSPS) is 9.58. The second-order valence-corrected chi connectivity index (χ2v) is 3.37. The maximum atomic E-state index is 7.44. The third kappa shape index (κ3) is 1.85. The number of halogens is 1. The van der Waals surface area contributed by atoms with Gasteiger partial charge in [-0.25, -0.2) is 0 Å². The number of aryl methyl sites for hydroxylation is 1. The fraction of sp³-hybridized carbons (Fsp3) is 0.222. The van der Waals surface area contributed by atoms with Crippen LogP contribution >= 0.6 is 15.9 Å². The van der Waals surface area contributed by atoms with Gasteiger partial charge in [0.1, 0.15) is 0 Å². The Balaban J connectivity index is 3.09. The van der Waals surface area contributed by atoms with Crippen molar-refractivity contribution in [2.75, 3.05) is 7.11 Å². The van der Waals surface area contributed by atoms with Gasteiger partial charge in [0.15, 0.2) is 0 Å². The minimum atomic E-state index is 0.182. The van der Waals surface area contributed by atoms with E-state index in [1.165, 1.54) is 7.11 Å². The Morgan fingerprint density at radius 1 is 1.50 bits per heavy atom. The molecule has 2 nitrogen and oxygen atoms in total. The largest absolute Gasteiger partial charge is 0.481 e. The van der Waals surface area contributed by atoms with Gasteiger partial charge in [0, 0.05) is 4.47 Å². The van der Waals surface area contributed by atoms with Gasteiger partial charge in [-0.2, -0.15) is 0 Å². The maximum Gasteiger partial charge on any atom is 0.214 e. The lowest BCUT2D eigenvalue weighted by Gasteiger charge is -2.04. The lowest BCUT2D eigenvalue weighted by atomic mass is 10.1. The molecule has 0 amide bonds. The smallest absolute Gasteiger partial charge is 0.214 e. The summed E-state index contributed by atoms with van der Waals surface area (Å²) in [6.45, 7) is 2.00. The number of benzene rings is 1. The summed E-state index contributed by atoms with van der Waals surface area (Å²) in [6.07, 6.45) is 0. The van der Waals surface area contributed by atoms with Gasteiger partial charge in [0.2, 0.25) is 5.90 Å². The second kappa shape index (κ2) is 3.72. The highest BCUT2D eigenvalue weighted by molar-refractivity contribution is 9.10. The third-order valence-electron chi connectivity index (χ3n) is 1.57. The van der Waals surface area contributed by atoms with Crippen LogP contribution in [0.15, 0.2) is 22.7 Å². The number of ether oxygens (including phenoxy) is 1. The standard InChI is InChI=1S/C9H10BrNO/c1-6-3-4-7(8(10)5-6)9(11)12-2/h3-5,11H,1-2H3. The van der Waals surface area contributed by atoms with E-state index in [9.17, 15) is 0 Å². The van der Waals surface area contributed by atoms with Gasteiger partial charge in [-0.1, -0.05) is 6.07 Å². The SMILES string of the molecule is COC(=N)c1ccc(C)cc1Br. The highest BCUT2D eigenvalue weighted by atomic mass is 79.9. The van der Waals surface area contributed by atoms with Gasteiger partial charge in [-0.15, -0.1) is 0 Å². The first kappa shape index (κ1) is 9.26. The van der Waals surface area contributed by atoms with Gasteiger partial charge in [-0.05, 0) is 40.5 Å². The molecule has 1 rings (SSSR count). The number of methoxy groups -OCH3 is 1. The van der Waals surface area contributed by atoms with E-state index in [4.69, 9.17) is 10.1 Å². The van der Waals surface area contributed by atoms with Crippen LogP contribution in [-0.2, 0) is 4.74 Å². The Kier molecular flexibility index (Phi) is 2.87. The average Bonchev–Trinajstić information content (AvgIpc) is 2.03. The molecule has 0 atom stereocenters. The van der Waals surface area contributed by atoms with Crippen molar-refractivity contribution >= 4 is 21.8 Å². The zero-order chi connectivity index (χ0) is 9.14. The molecular formula is C9H10BrNO. The summed E-state index contributed by atoms with van der Waals surface area (Å²) in [5.41, 5.74) is 1.94. The molecule has 0 radical (unpaired) electrons. The molecule has 3 heteroatoms. The third-order valence-corrected chi connectivity index (χ3v) is 2.23. The molecule has 0 saturated carbocycles. The van der Waals surface area contributed by atoms with Crippen molar-refractivity contribution in [1.29, 1.82) is 5.41 Å². The fourth-order valence-corrected chi connectivity index (χ4v) is 1.59. The van der Waals surface area contributed by atoms with E-state index in [1.54, 1.807) is 0 Å². The molecule has 0 saturated heterocycles. The molecule has 0 aliphatic carbocycles. The summed E-state index contributed by atoms with van der Waals surface area (Å²) >= 11 is 3.37. The molecule has 0 heterocycles. The van der Waals surface area contributed by atoms with Gasteiger partial charge in [-0.3, -0.25) is 5.41 Å². The summed E-state index contributed by atoms with van der Waals surface area (Å²) in [5, 5.41) is 7.44. The van der Waals surface area contributed by atoms with Crippen molar-refractivity contribution in [2.45, 2.75) is 6.92 Å². The van der Waals surface area contributed by atoms with E-state index in [0.717, 1.165) is 15.6 Å². The fourth-order valence-electron chi connectivity index (χ4n) is 0.914.